The number of carbonyl (C=O) groups excluding carboxylic acids is 1. The Hall–Kier alpha value is -3.62. The van der Waals surface area contributed by atoms with Crippen LogP contribution in [0.3, 0.4) is 0 Å². The molecule has 0 bridgehead atoms. The van der Waals surface area contributed by atoms with E-state index in [1.165, 1.54) is 16.8 Å². The number of anilines is 1. The highest BCUT2D eigenvalue weighted by atomic mass is 16.5. The molecule has 0 spiro atoms. The number of rotatable bonds is 9. The fraction of sp³-hybridized carbons (Fsp3) is 0.355. The van der Waals surface area contributed by atoms with Crippen LogP contribution in [0.1, 0.15) is 54.5 Å². The molecule has 1 aliphatic heterocycles. The molecule has 3 atom stereocenters. The minimum atomic E-state index is -0.647. The Morgan fingerprint density at radius 1 is 1.03 bits per heavy atom. The number of hydrogen-bond acceptors (Lipinski definition) is 4. The summed E-state index contributed by atoms with van der Waals surface area (Å²) in [6.07, 6.45) is 0.568. The molecule has 0 radical (unpaired) electrons. The molecule has 186 valence electrons. The van der Waals surface area contributed by atoms with Gasteiger partial charge in [-0.05, 0) is 47.1 Å². The van der Waals surface area contributed by atoms with E-state index in [-0.39, 0.29) is 24.5 Å². The number of likely N-dealkylation sites (N-methyl/N-ethyl adjacent to an activating group) is 1. The molecule has 36 heavy (non-hydrogen) atoms. The molecule has 1 amide bonds. The van der Waals surface area contributed by atoms with E-state index in [4.69, 9.17) is 10.00 Å². The first-order valence-electron chi connectivity index (χ1n) is 12.7. The lowest BCUT2D eigenvalue weighted by atomic mass is 9.86. The summed E-state index contributed by atoms with van der Waals surface area (Å²) in [5.74, 6) is 0.444. The number of para-hydroxylation sites is 1. The predicted molar refractivity (Wildman–Crippen MR) is 144 cm³/mol. The summed E-state index contributed by atoms with van der Waals surface area (Å²) in [5.41, 5.74) is 6.01. The average molecular weight is 482 g/mol. The van der Waals surface area contributed by atoms with Crippen molar-refractivity contribution >= 4 is 11.6 Å². The van der Waals surface area contributed by atoms with Gasteiger partial charge in [-0.2, -0.15) is 5.26 Å². The van der Waals surface area contributed by atoms with Gasteiger partial charge in [0.2, 0.25) is 5.91 Å². The summed E-state index contributed by atoms with van der Waals surface area (Å²) in [7, 11) is 2.16. The maximum atomic E-state index is 12.8. The molecule has 0 fully saturated rings. The van der Waals surface area contributed by atoms with Crippen molar-refractivity contribution in [2.75, 3.05) is 25.0 Å². The van der Waals surface area contributed by atoms with E-state index in [1.807, 2.05) is 36.4 Å². The molecule has 5 nitrogen and oxygen atoms in total. The van der Waals surface area contributed by atoms with Gasteiger partial charge in [0, 0.05) is 25.2 Å². The molecule has 1 N–H and O–H groups in total. The minimum absolute atomic E-state index is 0.0273. The van der Waals surface area contributed by atoms with Gasteiger partial charge in [0.05, 0.1) is 6.07 Å². The largest absolute Gasteiger partial charge is 0.374 e. The van der Waals surface area contributed by atoms with Crippen LogP contribution in [-0.4, -0.2) is 32.1 Å². The van der Waals surface area contributed by atoms with Gasteiger partial charge in [0.25, 0.3) is 0 Å². The van der Waals surface area contributed by atoms with Crippen LogP contribution in [-0.2, 0) is 16.0 Å². The van der Waals surface area contributed by atoms with Crippen molar-refractivity contribution in [2.24, 2.45) is 5.92 Å². The number of nitriles is 1. The van der Waals surface area contributed by atoms with Gasteiger partial charge >= 0.3 is 0 Å². The Balaban J connectivity index is 1.59. The van der Waals surface area contributed by atoms with Crippen molar-refractivity contribution in [2.45, 2.75) is 44.8 Å². The third-order valence-electron chi connectivity index (χ3n) is 6.80. The second-order valence-corrected chi connectivity index (χ2v) is 10.00. The number of fused-ring (bicyclic) bond motifs is 1. The monoisotopic (exact) mass is 481 g/mol. The van der Waals surface area contributed by atoms with E-state index in [9.17, 15) is 4.79 Å². The molecule has 0 saturated carbocycles. The van der Waals surface area contributed by atoms with Crippen LogP contribution in [0, 0.1) is 17.2 Å². The Kier molecular flexibility index (Phi) is 8.40. The molecule has 0 saturated heterocycles. The summed E-state index contributed by atoms with van der Waals surface area (Å²) in [4.78, 5) is 15.2. The maximum absolute atomic E-state index is 12.8. The number of nitrogens with zero attached hydrogens (tertiary/aromatic N) is 2. The second-order valence-electron chi connectivity index (χ2n) is 10.00. The highest BCUT2D eigenvalue weighted by Gasteiger charge is 2.27. The molecule has 0 aliphatic carbocycles. The molecule has 5 heteroatoms. The number of carbonyl (C=O) groups is 1. The predicted octanol–water partition coefficient (Wildman–Crippen LogP) is 5.62. The van der Waals surface area contributed by atoms with E-state index < -0.39 is 6.10 Å². The second kappa shape index (κ2) is 11.9. The Labute approximate surface area is 214 Å². The zero-order valence-corrected chi connectivity index (χ0v) is 21.4. The van der Waals surface area contributed by atoms with Crippen molar-refractivity contribution in [3.63, 3.8) is 0 Å². The van der Waals surface area contributed by atoms with Crippen LogP contribution in [0.15, 0.2) is 78.9 Å². The molecule has 1 aliphatic rings. The van der Waals surface area contributed by atoms with E-state index >= 15 is 0 Å². The van der Waals surface area contributed by atoms with Crippen LogP contribution in [0.5, 0.6) is 0 Å². The third-order valence-corrected chi connectivity index (χ3v) is 6.80. The first kappa shape index (κ1) is 25.5. The smallest absolute Gasteiger partial charge is 0.250 e. The summed E-state index contributed by atoms with van der Waals surface area (Å²) >= 11 is 0. The number of benzene rings is 3. The number of hydrogen-bond donors (Lipinski definition) is 1. The van der Waals surface area contributed by atoms with E-state index in [0.29, 0.717) is 12.3 Å². The topological polar surface area (TPSA) is 65.4 Å². The first-order valence-corrected chi connectivity index (χ1v) is 12.7. The molecule has 3 aromatic carbocycles. The van der Waals surface area contributed by atoms with Gasteiger partial charge in [-0.1, -0.05) is 86.6 Å². The highest BCUT2D eigenvalue weighted by Crippen LogP contribution is 2.35. The van der Waals surface area contributed by atoms with Crippen molar-refractivity contribution in [3.05, 3.63) is 101 Å². The fourth-order valence-corrected chi connectivity index (χ4v) is 5.02. The van der Waals surface area contributed by atoms with Crippen molar-refractivity contribution in [3.8, 4) is 6.07 Å². The van der Waals surface area contributed by atoms with Crippen LogP contribution in [0.25, 0.3) is 0 Å². The molecular weight excluding hydrogens is 446 g/mol. The third kappa shape index (κ3) is 6.13. The molecule has 4 rings (SSSR count). The van der Waals surface area contributed by atoms with Crippen molar-refractivity contribution in [1.82, 2.24) is 5.32 Å². The minimum Gasteiger partial charge on any atom is -0.374 e. The SMILES string of the molecule is CC(C)C[C@H](O[C@H](c1ccccc1)c1ccc(C2Cc3ccccc3N(C)C2)cc1)C(=O)NCC#N. The lowest BCUT2D eigenvalue weighted by Gasteiger charge is -2.34. The first-order chi connectivity index (χ1) is 17.5. The van der Waals surface area contributed by atoms with Gasteiger partial charge in [0.1, 0.15) is 18.8 Å². The van der Waals surface area contributed by atoms with Crippen LogP contribution in [0.2, 0.25) is 0 Å². The average Bonchev–Trinajstić information content (AvgIpc) is 2.90. The van der Waals surface area contributed by atoms with Gasteiger partial charge in [-0.15, -0.1) is 0 Å². The lowest BCUT2D eigenvalue weighted by molar-refractivity contribution is -0.136. The lowest BCUT2D eigenvalue weighted by Crippen LogP contribution is -2.38. The van der Waals surface area contributed by atoms with E-state index in [1.54, 1.807) is 0 Å². The molecular formula is C31H35N3O2. The zero-order chi connectivity index (χ0) is 25.5. The Morgan fingerprint density at radius 3 is 2.39 bits per heavy atom. The zero-order valence-electron chi connectivity index (χ0n) is 21.4. The van der Waals surface area contributed by atoms with Crippen LogP contribution < -0.4 is 10.2 Å². The van der Waals surface area contributed by atoms with Crippen LogP contribution >= 0.6 is 0 Å². The van der Waals surface area contributed by atoms with Gasteiger partial charge in [0.15, 0.2) is 0 Å². The number of ether oxygens (including phenoxy) is 1. The summed E-state index contributed by atoms with van der Waals surface area (Å²) in [6.45, 7) is 5.09. The molecule has 1 heterocycles. The van der Waals surface area contributed by atoms with Gasteiger partial charge in [-0.3, -0.25) is 4.79 Å². The standard InChI is InChI=1S/C31H35N3O2/c1-22(2)19-29(31(35)33-18-17-32)36-30(24-9-5-4-6-10-24)25-15-13-23(14-16-25)27-20-26-11-7-8-12-28(26)34(3)21-27/h4-16,22,27,29-30H,18-21H2,1-3H3,(H,33,35)/t27?,29-,30+/m0/s1. The maximum Gasteiger partial charge on any atom is 0.250 e. The van der Waals surface area contributed by atoms with Crippen LogP contribution in [0.4, 0.5) is 5.69 Å². The summed E-state index contributed by atoms with van der Waals surface area (Å²) < 4.78 is 6.51. The van der Waals surface area contributed by atoms with Gasteiger partial charge < -0.3 is 15.0 Å². The number of amides is 1. The van der Waals surface area contributed by atoms with E-state index in [0.717, 1.165) is 24.1 Å². The van der Waals surface area contributed by atoms with Crippen molar-refractivity contribution < 1.29 is 9.53 Å². The van der Waals surface area contributed by atoms with Gasteiger partial charge in [-0.25, -0.2) is 0 Å². The Morgan fingerprint density at radius 2 is 1.69 bits per heavy atom. The fourth-order valence-electron chi connectivity index (χ4n) is 5.02. The summed E-state index contributed by atoms with van der Waals surface area (Å²) in [6, 6.07) is 29.3. The van der Waals surface area contributed by atoms with Crippen molar-refractivity contribution in [1.29, 1.82) is 5.26 Å². The summed E-state index contributed by atoms with van der Waals surface area (Å²) in [5, 5.41) is 11.6. The Bertz CT molecular complexity index is 1180. The quantitative estimate of drug-likeness (QED) is 0.403. The molecule has 1 unspecified atom stereocenters. The molecule has 3 aromatic rings. The number of nitrogens with one attached hydrogen (secondary N) is 1. The molecule has 0 aromatic heterocycles. The highest BCUT2D eigenvalue weighted by molar-refractivity contribution is 5.81. The normalized spacial score (nSPS) is 16.6. The van der Waals surface area contributed by atoms with E-state index in [2.05, 4.69) is 79.6 Å².